The number of anilines is 2. The molecule has 2 rings (SSSR count). The summed E-state index contributed by atoms with van der Waals surface area (Å²) in [5.74, 6) is -0.446. The second-order valence-electron chi connectivity index (χ2n) is 5.92. The highest BCUT2D eigenvalue weighted by Gasteiger charge is 2.31. The zero-order valence-corrected chi connectivity index (χ0v) is 17.0. The van der Waals surface area contributed by atoms with E-state index < -0.39 is 22.0 Å². The molecular weight excluding hydrogens is 395 g/mol. The van der Waals surface area contributed by atoms with Gasteiger partial charge in [-0.1, -0.05) is 42.3 Å². The van der Waals surface area contributed by atoms with E-state index >= 15 is 0 Å². The minimum atomic E-state index is -3.71. The third kappa shape index (κ3) is 4.90. The molecule has 140 valence electrons. The normalized spacial score (nSPS) is 12.5. The molecule has 0 aliphatic rings. The maximum atomic E-state index is 12.8. The first-order chi connectivity index (χ1) is 12.1. The number of nitrogens with one attached hydrogen (secondary N) is 1. The standard InChI is InChI=1S/C18H20Cl2N2O3S/c1-4-17(18(23)21-14-9-8-12(2)16(20)11-14)22(26(3,24)25)15-7-5-6-13(19)10-15/h5-11,17H,4H2,1-3H3,(H,21,23)/t17-/m0/s1. The predicted octanol–water partition coefficient (Wildman–Crippen LogP) is 4.49. The molecule has 0 fully saturated rings. The SMILES string of the molecule is CC[C@@H](C(=O)Nc1ccc(C)c(Cl)c1)N(c1cccc(Cl)c1)S(C)(=O)=O. The van der Waals surface area contributed by atoms with E-state index in [1.165, 1.54) is 6.07 Å². The summed E-state index contributed by atoms with van der Waals surface area (Å²) in [6.45, 7) is 3.60. The Bertz CT molecular complexity index is 916. The summed E-state index contributed by atoms with van der Waals surface area (Å²) in [4.78, 5) is 12.8. The van der Waals surface area contributed by atoms with Crippen LogP contribution in [0, 0.1) is 6.92 Å². The van der Waals surface area contributed by atoms with Gasteiger partial charge >= 0.3 is 0 Å². The molecule has 0 aliphatic carbocycles. The molecular formula is C18H20Cl2N2O3S. The van der Waals surface area contributed by atoms with Gasteiger partial charge in [-0.15, -0.1) is 0 Å². The van der Waals surface area contributed by atoms with E-state index in [-0.39, 0.29) is 6.42 Å². The topological polar surface area (TPSA) is 66.5 Å². The molecule has 0 saturated carbocycles. The molecule has 0 aromatic heterocycles. The van der Waals surface area contributed by atoms with E-state index in [2.05, 4.69) is 5.32 Å². The van der Waals surface area contributed by atoms with E-state index in [9.17, 15) is 13.2 Å². The number of sulfonamides is 1. The molecule has 2 aromatic rings. The fourth-order valence-corrected chi connectivity index (χ4v) is 4.14. The van der Waals surface area contributed by atoms with Crippen LogP contribution in [-0.2, 0) is 14.8 Å². The molecule has 1 N–H and O–H groups in total. The molecule has 26 heavy (non-hydrogen) atoms. The highest BCUT2D eigenvalue weighted by atomic mass is 35.5. The molecule has 5 nitrogen and oxygen atoms in total. The van der Waals surface area contributed by atoms with E-state index in [0.717, 1.165) is 16.1 Å². The summed E-state index contributed by atoms with van der Waals surface area (Å²) in [6.07, 6.45) is 1.34. The predicted molar refractivity (Wildman–Crippen MR) is 108 cm³/mol. The largest absolute Gasteiger partial charge is 0.324 e. The van der Waals surface area contributed by atoms with Crippen molar-refractivity contribution in [3.05, 3.63) is 58.1 Å². The monoisotopic (exact) mass is 414 g/mol. The van der Waals surface area contributed by atoms with Gasteiger partial charge in [0, 0.05) is 15.7 Å². The minimum absolute atomic E-state index is 0.283. The van der Waals surface area contributed by atoms with Crippen molar-refractivity contribution in [3.63, 3.8) is 0 Å². The summed E-state index contributed by atoms with van der Waals surface area (Å²) in [6, 6.07) is 10.6. The highest BCUT2D eigenvalue weighted by molar-refractivity contribution is 7.92. The summed E-state index contributed by atoms with van der Waals surface area (Å²) >= 11 is 12.1. The number of carbonyl (C=O) groups excluding carboxylic acids is 1. The molecule has 0 spiro atoms. The van der Waals surface area contributed by atoms with Crippen LogP contribution in [0.3, 0.4) is 0 Å². The summed E-state index contributed by atoms with van der Waals surface area (Å²) in [5.41, 5.74) is 1.72. The molecule has 8 heteroatoms. The second-order valence-corrected chi connectivity index (χ2v) is 8.62. The highest BCUT2D eigenvalue weighted by Crippen LogP contribution is 2.26. The van der Waals surface area contributed by atoms with Gasteiger partial charge in [-0.2, -0.15) is 0 Å². The van der Waals surface area contributed by atoms with E-state index in [4.69, 9.17) is 23.2 Å². The van der Waals surface area contributed by atoms with Crippen LogP contribution in [0.1, 0.15) is 18.9 Å². The van der Waals surface area contributed by atoms with Gasteiger partial charge in [0.05, 0.1) is 11.9 Å². The average molecular weight is 415 g/mol. The van der Waals surface area contributed by atoms with Gasteiger partial charge in [-0.3, -0.25) is 9.10 Å². The van der Waals surface area contributed by atoms with E-state index in [1.54, 1.807) is 43.3 Å². The molecule has 0 bridgehead atoms. The number of hydrogen-bond donors (Lipinski definition) is 1. The van der Waals surface area contributed by atoms with Crippen LogP contribution >= 0.6 is 23.2 Å². The number of carbonyl (C=O) groups is 1. The molecule has 2 aromatic carbocycles. The third-order valence-electron chi connectivity index (χ3n) is 3.83. The minimum Gasteiger partial charge on any atom is -0.324 e. The number of aryl methyl sites for hydroxylation is 1. The number of amides is 1. The lowest BCUT2D eigenvalue weighted by Crippen LogP contribution is -2.47. The Balaban J connectivity index is 2.38. The fourth-order valence-electron chi connectivity index (χ4n) is 2.57. The van der Waals surface area contributed by atoms with Crippen molar-refractivity contribution < 1.29 is 13.2 Å². The van der Waals surface area contributed by atoms with Crippen molar-refractivity contribution >= 4 is 50.5 Å². The van der Waals surface area contributed by atoms with Crippen LogP contribution < -0.4 is 9.62 Å². The Morgan fingerprint density at radius 2 is 1.88 bits per heavy atom. The summed E-state index contributed by atoms with van der Waals surface area (Å²) in [5, 5.41) is 3.64. The first-order valence-corrected chi connectivity index (χ1v) is 10.6. The number of rotatable bonds is 6. The van der Waals surface area contributed by atoms with Gasteiger partial charge < -0.3 is 5.32 Å². The maximum absolute atomic E-state index is 12.8. The maximum Gasteiger partial charge on any atom is 0.248 e. The van der Waals surface area contributed by atoms with Crippen LogP contribution in [0.15, 0.2) is 42.5 Å². The Morgan fingerprint density at radius 1 is 1.19 bits per heavy atom. The Labute approximate surface area is 164 Å². The zero-order valence-electron chi connectivity index (χ0n) is 14.7. The van der Waals surface area contributed by atoms with Crippen LogP contribution in [0.4, 0.5) is 11.4 Å². The lowest BCUT2D eigenvalue weighted by molar-refractivity contribution is -0.117. The Hall–Kier alpha value is -1.76. The average Bonchev–Trinajstić information content (AvgIpc) is 2.54. The first-order valence-electron chi connectivity index (χ1n) is 7.95. The molecule has 1 amide bonds. The zero-order chi connectivity index (χ0) is 19.5. The molecule has 1 atom stereocenters. The number of nitrogens with zero attached hydrogens (tertiary/aromatic N) is 1. The van der Waals surface area contributed by atoms with Crippen molar-refractivity contribution in [1.82, 2.24) is 0 Å². The van der Waals surface area contributed by atoms with Crippen LogP contribution in [0.2, 0.25) is 10.0 Å². The lowest BCUT2D eigenvalue weighted by atomic mass is 10.1. The van der Waals surface area contributed by atoms with E-state index in [0.29, 0.717) is 21.4 Å². The Morgan fingerprint density at radius 3 is 2.42 bits per heavy atom. The van der Waals surface area contributed by atoms with Crippen LogP contribution in [-0.4, -0.2) is 26.6 Å². The quantitative estimate of drug-likeness (QED) is 0.756. The van der Waals surface area contributed by atoms with Gasteiger partial charge in [0.2, 0.25) is 15.9 Å². The smallest absolute Gasteiger partial charge is 0.248 e. The van der Waals surface area contributed by atoms with Crippen molar-refractivity contribution in [2.24, 2.45) is 0 Å². The summed E-state index contributed by atoms with van der Waals surface area (Å²) < 4.78 is 25.8. The van der Waals surface area contributed by atoms with Crippen molar-refractivity contribution in [3.8, 4) is 0 Å². The van der Waals surface area contributed by atoms with Gasteiger partial charge in [0.25, 0.3) is 0 Å². The van der Waals surface area contributed by atoms with E-state index in [1.807, 2.05) is 6.92 Å². The van der Waals surface area contributed by atoms with Crippen LogP contribution in [0.5, 0.6) is 0 Å². The first kappa shape index (κ1) is 20.6. The lowest BCUT2D eigenvalue weighted by Gasteiger charge is -2.30. The van der Waals surface area contributed by atoms with Gasteiger partial charge in [-0.25, -0.2) is 8.42 Å². The molecule has 0 heterocycles. The van der Waals surface area contributed by atoms with Crippen molar-refractivity contribution in [2.45, 2.75) is 26.3 Å². The summed E-state index contributed by atoms with van der Waals surface area (Å²) in [7, 11) is -3.71. The third-order valence-corrected chi connectivity index (χ3v) is 5.65. The van der Waals surface area contributed by atoms with Gasteiger partial charge in [0.15, 0.2) is 0 Å². The molecule has 0 aliphatic heterocycles. The molecule has 0 unspecified atom stereocenters. The fraction of sp³-hybridized carbons (Fsp3) is 0.278. The number of halogens is 2. The van der Waals surface area contributed by atoms with Gasteiger partial charge in [0.1, 0.15) is 6.04 Å². The van der Waals surface area contributed by atoms with Crippen molar-refractivity contribution in [2.75, 3.05) is 15.9 Å². The van der Waals surface area contributed by atoms with Crippen LogP contribution in [0.25, 0.3) is 0 Å². The van der Waals surface area contributed by atoms with Crippen molar-refractivity contribution in [1.29, 1.82) is 0 Å². The van der Waals surface area contributed by atoms with Gasteiger partial charge in [-0.05, 0) is 49.2 Å². The second kappa shape index (κ2) is 8.29. The number of benzene rings is 2. The molecule has 0 radical (unpaired) electrons. The number of hydrogen-bond acceptors (Lipinski definition) is 3. The Kier molecular flexibility index (Phi) is 6.55. The molecule has 0 saturated heterocycles.